The van der Waals surface area contributed by atoms with Crippen LogP contribution in [0.5, 0.6) is 0 Å². The zero-order valence-electron chi connectivity index (χ0n) is 8.64. The van der Waals surface area contributed by atoms with Gasteiger partial charge in [-0.3, -0.25) is 0 Å². The molecule has 2 rings (SSSR count). The summed E-state index contributed by atoms with van der Waals surface area (Å²) in [6.07, 6.45) is 3.16. The predicted octanol–water partition coefficient (Wildman–Crippen LogP) is 3.44. The molecule has 0 spiro atoms. The number of rotatable bonds is 2. The molecule has 3 nitrogen and oxygen atoms in total. The topological polar surface area (TPSA) is 49.6 Å². The summed E-state index contributed by atoms with van der Waals surface area (Å²) in [5.41, 5.74) is 0.546. The lowest BCUT2D eigenvalue weighted by Crippen LogP contribution is -2.04. The average Bonchev–Trinajstić information content (AvgIpc) is 2.35. The fourth-order valence-corrected chi connectivity index (χ4v) is 2.11. The second-order valence-electron chi connectivity index (χ2n) is 3.30. The van der Waals surface area contributed by atoms with E-state index in [-0.39, 0.29) is 0 Å². The van der Waals surface area contributed by atoms with E-state index < -0.39 is 5.92 Å². The van der Waals surface area contributed by atoms with Crippen LogP contribution in [0.2, 0.25) is 10.0 Å². The number of nitriles is 1. The molecule has 0 amide bonds. The second kappa shape index (κ2) is 5.13. The van der Waals surface area contributed by atoms with E-state index >= 15 is 0 Å². The molecule has 0 saturated carbocycles. The molecular weight excluding hydrogens is 257 g/mol. The van der Waals surface area contributed by atoms with E-state index in [2.05, 4.69) is 16.0 Å². The normalized spacial score (nSPS) is 11.8. The fraction of sp³-hybridized carbons (Fsp3) is 0.0833. The molecule has 0 N–H and O–H groups in total. The standard InChI is InChI=1S/C12H7Cl2N3/c13-9-3-1-4-10(14)11(9)8(7-15)12-16-5-2-6-17-12/h1-6,8H. The van der Waals surface area contributed by atoms with Crippen LogP contribution in [0, 0.1) is 11.3 Å². The maximum Gasteiger partial charge on any atom is 0.149 e. The molecule has 1 unspecified atom stereocenters. The van der Waals surface area contributed by atoms with Crippen molar-refractivity contribution >= 4 is 23.2 Å². The van der Waals surface area contributed by atoms with E-state index in [0.29, 0.717) is 21.4 Å². The molecular formula is C12H7Cl2N3. The minimum absolute atomic E-state index is 0.394. The molecule has 0 saturated heterocycles. The number of halogens is 2. The minimum atomic E-state index is -0.655. The largest absolute Gasteiger partial charge is 0.240 e. The van der Waals surface area contributed by atoms with E-state index in [1.54, 1.807) is 36.7 Å². The molecule has 0 fully saturated rings. The van der Waals surface area contributed by atoms with Gasteiger partial charge in [-0.2, -0.15) is 5.26 Å². The third-order valence-electron chi connectivity index (χ3n) is 2.26. The van der Waals surface area contributed by atoms with E-state index in [0.717, 1.165) is 0 Å². The molecule has 5 heteroatoms. The lowest BCUT2D eigenvalue weighted by atomic mass is 9.99. The minimum Gasteiger partial charge on any atom is -0.240 e. The van der Waals surface area contributed by atoms with E-state index in [9.17, 15) is 5.26 Å². The third kappa shape index (κ3) is 2.38. The Kier molecular flexibility index (Phi) is 3.58. The van der Waals surface area contributed by atoms with Crippen molar-refractivity contribution < 1.29 is 0 Å². The highest BCUT2D eigenvalue weighted by atomic mass is 35.5. The van der Waals surface area contributed by atoms with Gasteiger partial charge >= 0.3 is 0 Å². The van der Waals surface area contributed by atoms with Crippen LogP contribution in [0.4, 0.5) is 0 Å². The van der Waals surface area contributed by atoms with Crippen molar-refractivity contribution in [3.63, 3.8) is 0 Å². The molecule has 2 aromatic rings. The molecule has 84 valence electrons. The van der Waals surface area contributed by atoms with Crippen molar-refractivity contribution in [1.29, 1.82) is 5.26 Å². The first-order chi connectivity index (χ1) is 8.24. The maximum atomic E-state index is 9.23. The SMILES string of the molecule is N#CC(c1ncccn1)c1c(Cl)cccc1Cl. The smallest absolute Gasteiger partial charge is 0.149 e. The van der Waals surface area contributed by atoms with Crippen molar-refractivity contribution in [2.45, 2.75) is 5.92 Å². The van der Waals surface area contributed by atoms with Crippen LogP contribution >= 0.6 is 23.2 Å². The quantitative estimate of drug-likeness (QED) is 0.834. The van der Waals surface area contributed by atoms with Crippen LogP contribution in [0.25, 0.3) is 0 Å². The Balaban J connectivity index is 2.55. The monoisotopic (exact) mass is 263 g/mol. The Morgan fingerprint density at radius 3 is 2.18 bits per heavy atom. The van der Waals surface area contributed by atoms with Gasteiger partial charge in [-0.25, -0.2) is 9.97 Å². The summed E-state index contributed by atoms with van der Waals surface area (Å²) in [6, 6.07) is 8.92. The molecule has 1 atom stereocenters. The summed E-state index contributed by atoms with van der Waals surface area (Å²) < 4.78 is 0. The van der Waals surface area contributed by atoms with Crippen molar-refractivity contribution in [2.75, 3.05) is 0 Å². The van der Waals surface area contributed by atoms with Gasteiger partial charge in [0.1, 0.15) is 11.7 Å². The van der Waals surface area contributed by atoms with E-state index in [1.165, 1.54) is 0 Å². The third-order valence-corrected chi connectivity index (χ3v) is 2.92. The Hall–Kier alpha value is -1.63. The van der Waals surface area contributed by atoms with Gasteiger partial charge in [0.15, 0.2) is 0 Å². The van der Waals surface area contributed by atoms with Gasteiger partial charge in [-0.05, 0) is 18.2 Å². The second-order valence-corrected chi connectivity index (χ2v) is 4.12. The summed E-state index contributed by atoms with van der Waals surface area (Å²) in [6.45, 7) is 0. The Bertz CT molecular complexity index is 543. The lowest BCUT2D eigenvalue weighted by molar-refractivity contribution is 0.890. The predicted molar refractivity (Wildman–Crippen MR) is 66.0 cm³/mol. The molecule has 1 heterocycles. The van der Waals surface area contributed by atoms with Crippen LogP contribution in [-0.4, -0.2) is 9.97 Å². The zero-order chi connectivity index (χ0) is 12.3. The van der Waals surface area contributed by atoms with Gasteiger partial charge in [0, 0.05) is 28.0 Å². The van der Waals surface area contributed by atoms with Crippen molar-refractivity contribution in [3.05, 3.63) is 58.1 Å². The van der Waals surface area contributed by atoms with E-state index in [4.69, 9.17) is 23.2 Å². The van der Waals surface area contributed by atoms with Crippen molar-refractivity contribution in [2.24, 2.45) is 0 Å². The molecule has 17 heavy (non-hydrogen) atoms. The lowest BCUT2D eigenvalue weighted by Gasteiger charge is -2.11. The first-order valence-corrected chi connectivity index (χ1v) is 5.60. The summed E-state index contributed by atoms with van der Waals surface area (Å²) in [4.78, 5) is 8.12. The highest BCUT2D eigenvalue weighted by molar-refractivity contribution is 6.36. The summed E-state index contributed by atoms with van der Waals surface area (Å²) in [5.74, 6) is -0.262. The number of hydrogen-bond acceptors (Lipinski definition) is 3. The summed E-state index contributed by atoms with van der Waals surface area (Å²) in [7, 11) is 0. The van der Waals surface area contributed by atoms with Crippen LogP contribution in [-0.2, 0) is 0 Å². The van der Waals surface area contributed by atoms with Gasteiger partial charge in [0.2, 0.25) is 0 Å². The summed E-state index contributed by atoms with van der Waals surface area (Å²) >= 11 is 12.1. The maximum absolute atomic E-state index is 9.23. The molecule has 0 aliphatic heterocycles. The van der Waals surface area contributed by atoms with Gasteiger partial charge < -0.3 is 0 Å². The number of aromatic nitrogens is 2. The van der Waals surface area contributed by atoms with Crippen molar-refractivity contribution in [3.8, 4) is 6.07 Å². The molecule has 1 aromatic heterocycles. The zero-order valence-corrected chi connectivity index (χ0v) is 10.2. The summed E-state index contributed by atoms with van der Waals surface area (Å²) in [5, 5.41) is 10.1. The first-order valence-electron chi connectivity index (χ1n) is 4.84. The van der Waals surface area contributed by atoms with Gasteiger partial charge in [-0.15, -0.1) is 0 Å². The van der Waals surface area contributed by atoms with Crippen LogP contribution in [0.1, 0.15) is 17.3 Å². The molecule has 0 aliphatic carbocycles. The fourth-order valence-electron chi connectivity index (χ4n) is 1.50. The van der Waals surface area contributed by atoms with Crippen LogP contribution in [0.3, 0.4) is 0 Å². The molecule has 1 aromatic carbocycles. The van der Waals surface area contributed by atoms with Gasteiger partial charge in [0.25, 0.3) is 0 Å². The Morgan fingerprint density at radius 2 is 1.65 bits per heavy atom. The van der Waals surface area contributed by atoms with E-state index in [1.807, 2.05) is 0 Å². The molecule has 0 bridgehead atoms. The van der Waals surface area contributed by atoms with Crippen LogP contribution < -0.4 is 0 Å². The first kappa shape index (κ1) is 11.8. The van der Waals surface area contributed by atoms with Crippen molar-refractivity contribution in [1.82, 2.24) is 9.97 Å². The van der Waals surface area contributed by atoms with Crippen LogP contribution in [0.15, 0.2) is 36.7 Å². The number of nitrogens with zero attached hydrogens (tertiary/aromatic N) is 3. The Morgan fingerprint density at radius 1 is 1.06 bits per heavy atom. The van der Waals surface area contributed by atoms with Gasteiger partial charge in [0.05, 0.1) is 6.07 Å². The molecule has 0 aliphatic rings. The number of hydrogen-bond donors (Lipinski definition) is 0. The number of benzene rings is 1. The van der Waals surface area contributed by atoms with Gasteiger partial charge in [-0.1, -0.05) is 29.3 Å². The highest BCUT2D eigenvalue weighted by Crippen LogP contribution is 2.33. The molecule has 0 radical (unpaired) electrons. The average molecular weight is 264 g/mol. The Labute approximate surface area is 109 Å². The highest BCUT2D eigenvalue weighted by Gasteiger charge is 2.21.